The van der Waals surface area contributed by atoms with Gasteiger partial charge in [0.15, 0.2) is 11.6 Å². The Kier molecular flexibility index (Phi) is 5.07. The molecule has 0 radical (unpaired) electrons. The maximum absolute atomic E-state index is 13.3. The van der Waals surface area contributed by atoms with Crippen LogP contribution in [0.25, 0.3) is 32.5 Å². The average Bonchev–Trinajstić information content (AvgIpc) is 3.58. The normalized spacial score (nSPS) is 20.3. The third-order valence-corrected chi connectivity index (χ3v) is 9.52. The molecule has 12 heteroatoms. The topological polar surface area (TPSA) is 125 Å². The highest BCUT2D eigenvalue weighted by atomic mass is 32.2. The zero-order valence-corrected chi connectivity index (χ0v) is 19.3. The quantitative estimate of drug-likeness (QED) is 0.448. The van der Waals surface area contributed by atoms with Crippen LogP contribution in [0.2, 0.25) is 0 Å². The summed E-state index contributed by atoms with van der Waals surface area (Å²) in [5.74, 6) is 1.24. The fourth-order valence-corrected chi connectivity index (χ4v) is 7.41. The fraction of sp³-hybridized carbons (Fsp3) is 0.381. The molecular weight excluding hydrogens is 464 g/mol. The minimum absolute atomic E-state index is 0.117. The van der Waals surface area contributed by atoms with E-state index in [4.69, 9.17) is 14.7 Å². The van der Waals surface area contributed by atoms with Gasteiger partial charge in [-0.25, -0.2) is 18.4 Å². The summed E-state index contributed by atoms with van der Waals surface area (Å²) in [7, 11) is -3.72. The lowest BCUT2D eigenvalue weighted by atomic mass is 10.1. The van der Waals surface area contributed by atoms with Crippen LogP contribution in [0.3, 0.4) is 0 Å². The van der Waals surface area contributed by atoms with Gasteiger partial charge in [-0.3, -0.25) is 5.10 Å². The summed E-state index contributed by atoms with van der Waals surface area (Å²) >= 11 is 1.18. The number of ether oxygens (including phenoxy) is 1. The lowest BCUT2D eigenvalue weighted by Crippen LogP contribution is -2.36. The van der Waals surface area contributed by atoms with Gasteiger partial charge in [-0.2, -0.15) is 9.40 Å². The van der Waals surface area contributed by atoms with Crippen molar-refractivity contribution in [3.8, 4) is 11.4 Å². The van der Waals surface area contributed by atoms with Crippen LogP contribution in [-0.4, -0.2) is 83.5 Å². The number of benzene rings is 1. The first-order valence-electron chi connectivity index (χ1n) is 10.8. The number of anilines is 1. The number of nitrogens with zero attached hydrogens (tertiary/aromatic N) is 5. The summed E-state index contributed by atoms with van der Waals surface area (Å²) in [6, 6.07) is 7.43. The van der Waals surface area contributed by atoms with Crippen LogP contribution in [0, 0.1) is 0 Å². The van der Waals surface area contributed by atoms with Crippen LogP contribution < -0.4 is 4.90 Å². The number of hydrogen-bond acceptors (Lipinski definition) is 9. The van der Waals surface area contributed by atoms with Gasteiger partial charge in [0.05, 0.1) is 41.2 Å². The number of morpholine rings is 1. The van der Waals surface area contributed by atoms with Gasteiger partial charge >= 0.3 is 0 Å². The maximum Gasteiger partial charge on any atom is 0.252 e. The predicted molar refractivity (Wildman–Crippen MR) is 125 cm³/mol. The number of nitrogens with one attached hydrogen (secondary N) is 1. The van der Waals surface area contributed by atoms with Crippen molar-refractivity contribution in [2.75, 3.05) is 44.3 Å². The van der Waals surface area contributed by atoms with Crippen molar-refractivity contribution in [1.29, 1.82) is 0 Å². The number of aliphatic hydroxyl groups excluding tert-OH is 1. The molecule has 3 aromatic heterocycles. The number of aromatic amines is 1. The highest BCUT2D eigenvalue weighted by Crippen LogP contribution is 2.38. The molecule has 0 bridgehead atoms. The first-order valence-corrected chi connectivity index (χ1v) is 13.0. The second-order valence-electron chi connectivity index (χ2n) is 8.19. The Hall–Kier alpha value is -2.64. The van der Waals surface area contributed by atoms with E-state index in [1.165, 1.54) is 15.6 Å². The minimum Gasteiger partial charge on any atom is -0.392 e. The summed E-state index contributed by atoms with van der Waals surface area (Å²) in [4.78, 5) is 11.8. The first-order chi connectivity index (χ1) is 16.0. The van der Waals surface area contributed by atoms with E-state index < -0.39 is 16.1 Å². The average molecular weight is 487 g/mol. The van der Waals surface area contributed by atoms with Crippen LogP contribution >= 0.6 is 11.3 Å². The standard InChI is InChI=1S/C21H22N6O4S2/c28-13-4-5-27(12-13)33(29,30)18-10-17-19(32-18)21(26-6-8-31-9-7-26)24-20(23-17)14-2-1-3-16-15(14)11-22-25-16/h1-3,10-11,13,28H,4-9,12H2,(H,22,25). The molecule has 1 aromatic carbocycles. The van der Waals surface area contributed by atoms with Crippen molar-refractivity contribution >= 4 is 48.3 Å². The molecule has 0 amide bonds. The number of thiophene rings is 1. The molecule has 6 rings (SSSR count). The molecule has 2 fully saturated rings. The van der Waals surface area contributed by atoms with E-state index in [1.54, 1.807) is 12.3 Å². The number of H-pyrrole nitrogens is 1. The van der Waals surface area contributed by atoms with Crippen molar-refractivity contribution in [2.24, 2.45) is 0 Å². The largest absolute Gasteiger partial charge is 0.392 e. The maximum atomic E-state index is 13.3. The third-order valence-electron chi connectivity index (χ3n) is 6.09. The van der Waals surface area contributed by atoms with Crippen LogP contribution in [0.15, 0.2) is 34.7 Å². The van der Waals surface area contributed by atoms with Crippen LogP contribution in [-0.2, 0) is 14.8 Å². The van der Waals surface area contributed by atoms with Gasteiger partial charge in [0.25, 0.3) is 10.0 Å². The summed E-state index contributed by atoms with van der Waals surface area (Å²) in [6.07, 6.45) is 1.57. The molecule has 5 heterocycles. The fourth-order valence-electron chi connectivity index (χ4n) is 4.35. The van der Waals surface area contributed by atoms with E-state index in [-0.39, 0.29) is 10.8 Å². The van der Waals surface area contributed by atoms with Crippen molar-refractivity contribution in [3.63, 3.8) is 0 Å². The zero-order valence-electron chi connectivity index (χ0n) is 17.6. The lowest BCUT2D eigenvalue weighted by molar-refractivity contribution is 0.122. The second kappa shape index (κ2) is 7.99. The molecular formula is C21H22N6O4S2. The third kappa shape index (κ3) is 3.58. The second-order valence-corrected chi connectivity index (χ2v) is 11.4. The molecule has 172 valence electrons. The molecule has 0 aliphatic carbocycles. The minimum atomic E-state index is -3.72. The summed E-state index contributed by atoms with van der Waals surface area (Å²) in [6.45, 7) is 2.93. The van der Waals surface area contributed by atoms with Gasteiger partial charge < -0.3 is 14.7 Å². The van der Waals surface area contributed by atoms with E-state index in [9.17, 15) is 13.5 Å². The lowest BCUT2D eigenvalue weighted by Gasteiger charge is -2.28. The molecule has 1 unspecified atom stereocenters. The predicted octanol–water partition coefficient (Wildman–Crippen LogP) is 1.83. The molecule has 0 saturated carbocycles. The molecule has 4 aromatic rings. The molecule has 2 aliphatic heterocycles. The SMILES string of the molecule is O=S(=O)(c1cc2nc(-c3cccc4[nH]ncc34)nc(N3CCOCC3)c2s1)N1CCC(O)C1. The molecule has 2 N–H and O–H groups in total. The number of hydrogen-bond donors (Lipinski definition) is 2. The Morgan fingerprint density at radius 1 is 1.18 bits per heavy atom. The zero-order chi connectivity index (χ0) is 22.6. The molecule has 2 saturated heterocycles. The van der Waals surface area contributed by atoms with Crippen LogP contribution in [0.5, 0.6) is 0 Å². The Bertz CT molecular complexity index is 1440. The van der Waals surface area contributed by atoms with Gasteiger partial charge in [0, 0.05) is 37.1 Å². The van der Waals surface area contributed by atoms with Crippen LogP contribution in [0.4, 0.5) is 5.82 Å². The van der Waals surface area contributed by atoms with E-state index in [0.29, 0.717) is 56.4 Å². The Balaban J connectivity index is 1.53. The first kappa shape index (κ1) is 20.9. The monoisotopic (exact) mass is 486 g/mol. The summed E-state index contributed by atoms with van der Waals surface area (Å²) in [5, 5.41) is 17.9. The smallest absolute Gasteiger partial charge is 0.252 e. The number of aromatic nitrogens is 4. The number of sulfonamides is 1. The van der Waals surface area contributed by atoms with Gasteiger partial charge in [-0.05, 0) is 18.6 Å². The summed E-state index contributed by atoms with van der Waals surface area (Å²) < 4.78 is 34.3. The van der Waals surface area contributed by atoms with E-state index >= 15 is 0 Å². The number of fused-ring (bicyclic) bond motifs is 2. The molecule has 0 spiro atoms. The highest BCUT2D eigenvalue weighted by Gasteiger charge is 2.34. The van der Waals surface area contributed by atoms with Crippen molar-refractivity contribution < 1.29 is 18.3 Å². The van der Waals surface area contributed by atoms with Gasteiger partial charge in [-0.15, -0.1) is 11.3 Å². The van der Waals surface area contributed by atoms with E-state index in [1.807, 2.05) is 18.2 Å². The number of rotatable bonds is 4. The number of aliphatic hydroxyl groups is 1. The molecule has 2 aliphatic rings. The van der Waals surface area contributed by atoms with Gasteiger partial charge in [0.2, 0.25) is 0 Å². The number of β-amino-alcohol motifs (C(OH)–C–C–N with tert-alkyl or cyclic N) is 1. The van der Waals surface area contributed by atoms with E-state index in [2.05, 4.69) is 15.1 Å². The highest BCUT2D eigenvalue weighted by molar-refractivity contribution is 7.91. The van der Waals surface area contributed by atoms with Crippen LogP contribution in [0.1, 0.15) is 6.42 Å². The van der Waals surface area contributed by atoms with Crippen molar-refractivity contribution in [3.05, 3.63) is 30.5 Å². The van der Waals surface area contributed by atoms with Gasteiger partial charge in [0.1, 0.15) is 4.21 Å². The Morgan fingerprint density at radius 2 is 2.03 bits per heavy atom. The Labute approximate surface area is 193 Å². The van der Waals surface area contributed by atoms with Crippen molar-refractivity contribution in [2.45, 2.75) is 16.7 Å². The Morgan fingerprint density at radius 3 is 2.82 bits per heavy atom. The van der Waals surface area contributed by atoms with E-state index in [0.717, 1.165) is 21.2 Å². The molecule has 33 heavy (non-hydrogen) atoms. The van der Waals surface area contributed by atoms with Gasteiger partial charge in [-0.1, -0.05) is 12.1 Å². The molecule has 1 atom stereocenters. The molecule has 10 nitrogen and oxygen atoms in total. The summed E-state index contributed by atoms with van der Waals surface area (Å²) in [5.41, 5.74) is 2.30. The van der Waals surface area contributed by atoms with Crippen molar-refractivity contribution in [1.82, 2.24) is 24.5 Å².